The second-order valence-corrected chi connectivity index (χ2v) is 6.65. The van der Waals surface area contributed by atoms with E-state index < -0.39 is 0 Å². The van der Waals surface area contributed by atoms with Gasteiger partial charge < -0.3 is 9.80 Å². The molecule has 0 spiro atoms. The van der Waals surface area contributed by atoms with Crippen LogP contribution < -0.4 is 0 Å². The van der Waals surface area contributed by atoms with Crippen molar-refractivity contribution in [2.45, 2.75) is 19.8 Å². The maximum Gasteiger partial charge on any atom is 0.254 e. The van der Waals surface area contributed by atoms with E-state index in [1.165, 1.54) is 12.1 Å². The molecule has 26 heavy (non-hydrogen) atoms. The van der Waals surface area contributed by atoms with Crippen molar-refractivity contribution in [3.8, 4) is 0 Å². The van der Waals surface area contributed by atoms with Crippen LogP contribution in [0.1, 0.15) is 27.9 Å². The maximum absolute atomic E-state index is 13.3. The van der Waals surface area contributed by atoms with Gasteiger partial charge in [-0.25, -0.2) is 4.39 Å². The van der Waals surface area contributed by atoms with Gasteiger partial charge in [0.25, 0.3) is 5.91 Å². The van der Waals surface area contributed by atoms with Crippen molar-refractivity contribution in [3.05, 3.63) is 71.0 Å². The fourth-order valence-electron chi connectivity index (χ4n) is 3.29. The third-order valence-corrected chi connectivity index (χ3v) is 4.76. The van der Waals surface area contributed by atoms with Crippen molar-refractivity contribution in [2.24, 2.45) is 0 Å². The van der Waals surface area contributed by atoms with Gasteiger partial charge in [-0.2, -0.15) is 0 Å². The van der Waals surface area contributed by atoms with Crippen molar-refractivity contribution in [1.82, 2.24) is 9.80 Å². The van der Waals surface area contributed by atoms with Crippen molar-refractivity contribution in [1.29, 1.82) is 0 Å². The molecule has 1 aliphatic heterocycles. The summed E-state index contributed by atoms with van der Waals surface area (Å²) in [5.74, 6) is -0.343. The minimum atomic E-state index is -0.332. The number of nitrogens with zero attached hydrogens (tertiary/aromatic N) is 2. The molecule has 2 amide bonds. The summed E-state index contributed by atoms with van der Waals surface area (Å²) in [6.07, 6.45) is 0.927. The lowest BCUT2D eigenvalue weighted by Crippen LogP contribution is -2.38. The number of benzene rings is 2. The Balaban J connectivity index is 1.62. The minimum Gasteiger partial charge on any atom is -0.341 e. The number of carbonyl (C=O) groups excluding carboxylic acids is 2. The van der Waals surface area contributed by atoms with Crippen LogP contribution in [0.5, 0.6) is 0 Å². The fraction of sp³-hybridized carbons (Fsp3) is 0.333. The summed E-state index contributed by atoms with van der Waals surface area (Å²) in [6, 6.07) is 13.7. The molecule has 136 valence electrons. The number of carbonyl (C=O) groups is 2. The van der Waals surface area contributed by atoms with Gasteiger partial charge in [-0.1, -0.05) is 30.3 Å². The van der Waals surface area contributed by atoms with Gasteiger partial charge in [0.05, 0.1) is 6.42 Å². The largest absolute Gasteiger partial charge is 0.341 e. The molecule has 2 aromatic carbocycles. The molecular weight excluding hydrogens is 331 g/mol. The standard InChI is InChI=1S/C21H23FN2O2/c1-16-6-2-3-9-19(16)21(26)24-11-5-10-23(12-13-24)20(25)15-17-7-4-8-18(22)14-17/h2-4,6-9,14H,5,10-13,15H2,1H3. The third-order valence-electron chi connectivity index (χ3n) is 4.76. The Morgan fingerprint density at radius 3 is 2.46 bits per heavy atom. The average molecular weight is 354 g/mol. The van der Waals surface area contributed by atoms with E-state index in [1.54, 1.807) is 17.0 Å². The summed E-state index contributed by atoms with van der Waals surface area (Å²) in [7, 11) is 0. The van der Waals surface area contributed by atoms with Crippen molar-refractivity contribution in [3.63, 3.8) is 0 Å². The number of hydrogen-bond acceptors (Lipinski definition) is 2. The van der Waals surface area contributed by atoms with Crippen LogP contribution in [0.2, 0.25) is 0 Å². The van der Waals surface area contributed by atoms with Gasteiger partial charge in [0.2, 0.25) is 5.91 Å². The van der Waals surface area contributed by atoms with Crippen LogP contribution >= 0.6 is 0 Å². The van der Waals surface area contributed by atoms with Crippen LogP contribution in [0.4, 0.5) is 4.39 Å². The summed E-state index contributed by atoms with van der Waals surface area (Å²) >= 11 is 0. The first-order valence-electron chi connectivity index (χ1n) is 8.92. The lowest BCUT2D eigenvalue weighted by atomic mass is 10.1. The monoisotopic (exact) mass is 354 g/mol. The summed E-state index contributed by atoms with van der Waals surface area (Å²) in [6.45, 7) is 4.20. The number of rotatable bonds is 3. The molecule has 1 heterocycles. The first kappa shape index (κ1) is 18.1. The van der Waals surface area contributed by atoms with Crippen LogP contribution in [-0.2, 0) is 11.2 Å². The van der Waals surface area contributed by atoms with Crippen LogP contribution in [0.25, 0.3) is 0 Å². The van der Waals surface area contributed by atoms with Crippen LogP contribution in [0.3, 0.4) is 0 Å². The summed E-state index contributed by atoms with van der Waals surface area (Å²) in [5, 5.41) is 0. The Hall–Kier alpha value is -2.69. The summed E-state index contributed by atoms with van der Waals surface area (Å²) in [4.78, 5) is 28.9. The van der Waals surface area contributed by atoms with Crippen LogP contribution in [0, 0.1) is 12.7 Å². The maximum atomic E-state index is 13.3. The Kier molecular flexibility index (Phi) is 5.66. The van der Waals surface area contributed by atoms with E-state index in [9.17, 15) is 14.0 Å². The molecule has 5 heteroatoms. The Morgan fingerprint density at radius 2 is 1.69 bits per heavy atom. The molecule has 0 unspecified atom stereocenters. The van der Waals surface area contributed by atoms with Crippen LogP contribution in [0.15, 0.2) is 48.5 Å². The first-order valence-corrected chi connectivity index (χ1v) is 8.92. The molecule has 3 rings (SSSR count). The number of amides is 2. The van der Waals surface area contributed by atoms with Gasteiger partial charge in [0, 0.05) is 31.7 Å². The molecule has 0 radical (unpaired) electrons. The third kappa shape index (κ3) is 4.28. The van der Waals surface area contributed by atoms with Crippen molar-refractivity contribution in [2.75, 3.05) is 26.2 Å². The summed E-state index contributed by atoms with van der Waals surface area (Å²) in [5.41, 5.74) is 2.35. The molecule has 1 aliphatic rings. The molecule has 0 saturated carbocycles. The molecule has 0 N–H and O–H groups in total. The van der Waals surface area contributed by atoms with Gasteiger partial charge in [-0.05, 0) is 42.7 Å². The van der Waals surface area contributed by atoms with Gasteiger partial charge >= 0.3 is 0 Å². The van der Waals surface area contributed by atoms with Gasteiger partial charge in [0.1, 0.15) is 5.82 Å². The Bertz CT molecular complexity index is 806. The van der Waals surface area contributed by atoms with E-state index >= 15 is 0 Å². The zero-order valence-corrected chi connectivity index (χ0v) is 15.0. The van der Waals surface area contributed by atoms with E-state index in [4.69, 9.17) is 0 Å². The second-order valence-electron chi connectivity index (χ2n) is 6.65. The highest BCUT2D eigenvalue weighted by Crippen LogP contribution is 2.14. The second kappa shape index (κ2) is 8.13. The highest BCUT2D eigenvalue weighted by molar-refractivity contribution is 5.95. The fourth-order valence-corrected chi connectivity index (χ4v) is 3.29. The molecule has 1 fully saturated rings. The van der Waals surface area contributed by atoms with E-state index in [0.29, 0.717) is 37.3 Å². The van der Waals surface area contributed by atoms with Crippen molar-refractivity contribution >= 4 is 11.8 Å². The molecule has 1 saturated heterocycles. The van der Waals surface area contributed by atoms with E-state index in [1.807, 2.05) is 36.1 Å². The zero-order valence-electron chi connectivity index (χ0n) is 15.0. The van der Waals surface area contributed by atoms with E-state index in [0.717, 1.165) is 12.0 Å². The lowest BCUT2D eigenvalue weighted by molar-refractivity contribution is -0.130. The topological polar surface area (TPSA) is 40.6 Å². The smallest absolute Gasteiger partial charge is 0.254 e. The predicted octanol–water partition coefficient (Wildman–Crippen LogP) is 3.05. The number of hydrogen-bond donors (Lipinski definition) is 0. The van der Waals surface area contributed by atoms with Gasteiger partial charge in [-0.3, -0.25) is 9.59 Å². The quantitative estimate of drug-likeness (QED) is 0.850. The lowest BCUT2D eigenvalue weighted by Gasteiger charge is -2.23. The highest BCUT2D eigenvalue weighted by Gasteiger charge is 2.23. The molecule has 4 nitrogen and oxygen atoms in total. The molecule has 0 atom stereocenters. The average Bonchev–Trinajstić information content (AvgIpc) is 2.88. The highest BCUT2D eigenvalue weighted by atomic mass is 19.1. The Morgan fingerprint density at radius 1 is 0.962 bits per heavy atom. The number of aryl methyl sites for hydroxylation is 1. The van der Waals surface area contributed by atoms with Gasteiger partial charge in [0.15, 0.2) is 0 Å². The molecule has 0 bridgehead atoms. The SMILES string of the molecule is Cc1ccccc1C(=O)N1CCCN(C(=O)Cc2cccc(F)c2)CC1. The van der Waals surface area contributed by atoms with Crippen molar-refractivity contribution < 1.29 is 14.0 Å². The molecule has 0 aromatic heterocycles. The molecular formula is C21H23FN2O2. The predicted molar refractivity (Wildman–Crippen MR) is 98.4 cm³/mol. The minimum absolute atomic E-state index is 0.0162. The molecule has 2 aromatic rings. The van der Waals surface area contributed by atoms with Crippen LogP contribution in [-0.4, -0.2) is 47.8 Å². The first-order chi connectivity index (χ1) is 12.5. The zero-order chi connectivity index (χ0) is 18.5. The number of halogens is 1. The van der Waals surface area contributed by atoms with Gasteiger partial charge in [-0.15, -0.1) is 0 Å². The van der Waals surface area contributed by atoms with E-state index in [-0.39, 0.29) is 24.1 Å². The summed E-state index contributed by atoms with van der Waals surface area (Å²) < 4.78 is 13.3. The van der Waals surface area contributed by atoms with E-state index in [2.05, 4.69) is 0 Å². The molecule has 0 aliphatic carbocycles. The Labute approximate surface area is 153 Å². The normalized spacial score (nSPS) is 14.8.